The molecular formula is C14H22N4O+2. The largest absolute Gasteiger partial charge is 0.370 e. The van der Waals surface area contributed by atoms with Crippen LogP contribution in [0.15, 0.2) is 0 Å². The maximum absolute atomic E-state index is 9.47. The van der Waals surface area contributed by atoms with Gasteiger partial charge in [0.15, 0.2) is 0 Å². The van der Waals surface area contributed by atoms with Crippen LogP contribution in [-0.2, 0) is 17.8 Å². The molecule has 0 saturated heterocycles. The van der Waals surface area contributed by atoms with Crippen LogP contribution in [0.2, 0.25) is 0 Å². The Hall–Kier alpha value is -1.64. The van der Waals surface area contributed by atoms with Gasteiger partial charge in [0.05, 0.1) is 12.2 Å². The lowest BCUT2D eigenvalue weighted by Crippen LogP contribution is -2.53. The van der Waals surface area contributed by atoms with Crippen LogP contribution in [0, 0.1) is 18.3 Å². The van der Waals surface area contributed by atoms with Gasteiger partial charge in [-0.3, -0.25) is 5.32 Å². The molecule has 19 heavy (non-hydrogen) atoms. The van der Waals surface area contributed by atoms with Crippen molar-refractivity contribution in [2.75, 3.05) is 18.4 Å². The molecule has 0 radical (unpaired) electrons. The van der Waals surface area contributed by atoms with Gasteiger partial charge in [-0.25, -0.2) is 4.98 Å². The molecular weight excluding hydrogens is 240 g/mol. The second-order valence-corrected chi connectivity index (χ2v) is 5.57. The van der Waals surface area contributed by atoms with Crippen molar-refractivity contribution >= 4 is 5.82 Å². The second kappa shape index (κ2) is 5.16. The van der Waals surface area contributed by atoms with Crippen molar-refractivity contribution in [3.63, 3.8) is 0 Å². The summed E-state index contributed by atoms with van der Waals surface area (Å²) >= 11 is 0. The Morgan fingerprint density at radius 1 is 1.47 bits per heavy atom. The number of quaternary nitrogens is 1. The van der Waals surface area contributed by atoms with Gasteiger partial charge in [0.2, 0.25) is 0 Å². The molecule has 102 valence electrons. The van der Waals surface area contributed by atoms with E-state index >= 15 is 0 Å². The van der Waals surface area contributed by atoms with Gasteiger partial charge in [0, 0.05) is 12.0 Å². The zero-order valence-electron chi connectivity index (χ0n) is 11.9. The fourth-order valence-corrected chi connectivity index (χ4v) is 2.46. The number of H-pyrrole nitrogens is 1. The van der Waals surface area contributed by atoms with E-state index in [4.69, 9.17) is 4.74 Å². The Morgan fingerprint density at radius 2 is 2.21 bits per heavy atom. The molecule has 0 amide bonds. The van der Waals surface area contributed by atoms with E-state index < -0.39 is 0 Å². The van der Waals surface area contributed by atoms with Crippen molar-refractivity contribution in [3.05, 3.63) is 22.4 Å². The van der Waals surface area contributed by atoms with Crippen LogP contribution >= 0.6 is 0 Å². The third kappa shape index (κ3) is 2.70. The molecule has 0 aliphatic carbocycles. The van der Waals surface area contributed by atoms with Crippen LogP contribution in [-0.4, -0.2) is 18.7 Å². The summed E-state index contributed by atoms with van der Waals surface area (Å²) in [6, 6.07) is 2.33. The number of aromatic nitrogens is 1. The number of anilines is 1. The predicted octanol–water partition coefficient (Wildman–Crippen LogP) is 0.186. The average Bonchev–Trinajstić information content (AvgIpc) is 2.35. The van der Waals surface area contributed by atoms with Crippen molar-refractivity contribution in [3.8, 4) is 6.07 Å². The van der Waals surface area contributed by atoms with Crippen molar-refractivity contribution < 1.29 is 15.5 Å². The third-order valence-electron chi connectivity index (χ3n) is 3.48. The molecule has 2 rings (SSSR count). The number of nitrogens with zero attached hydrogens (tertiary/aromatic N) is 1. The van der Waals surface area contributed by atoms with E-state index in [0.717, 1.165) is 42.1 Å². The van der Waals surface area contributed by atoms with Crippen LogP contribution in [0.3, 0.4) is 0 Å². The zero-order chi connectivity index (χ0) is 14.0. The monoisotopic (exact) mass is 262 g/mol. The molecule has 1 aliphatic rings. The molecule has 0 aromatic carbocycles. The van der Waals surface area contributed by atoms with Crippen LogP contribution in [0.25, 0.3) is 0 Å². The van der Waals surface area contributed by atoms with E-state index in [1.54, 1.807) is 0 Å². The molecule has 2 heterocycles. The van der Waals surface area contributed by atoms with Gasteiger partial charge in [0.25, 0.3) is 5.82 Å². The van der Waals surface area contributed by atoms with Crippen LogP contribution < -0.4 is 16.0 Å². The minimum absolute atomic E-state index is 0.212. The minimum atomic E-state index is -0.212. The number of pyridine rings is 1. The van der Waals surface area contributed by atoms with Gasteiger partial charge >= 0.3 is 0 Å². The summed E-state index contributed by atoms with van der Waals surface area (Å²) in [6.07, 6.45) is 0.764. The quantitative estimate of drug-likeness (QED) is 0.815. The van der Waals surface area contributed by atoms with Gasteiger partial charge in [-0.05, 0) is 26.3 Å². The predicted molar refractivity (Wildman–Crippen MR) is 71.3 cm³/mol. The molecule has 0 atom stereocenters. The van der Waals surface area contributed by atoms with Gasteiger partial charge in [-0.15, -0.1) is 0 Å². The maximum atomic E-state index is 9.47. The summed E-state index contributed by atoms with van der Waals surface area (Å²) < 4.78 is 5.83. The number of nitrogens with one attached hydrogen (secondary N) is 2. The van der Waals surface area contributed by atoms with E-state index in [1.807, 2.05) is 6.92 Å². The molecule has 0 saturated carbocycles. The second-order valence-electron chi connectivity index (χ2n) is 5.57. The lowest BCUT2D eigenvalue weighted by atomic mass is 9.88. The zero-order valence-corrected chi connectivity index (χ0v) is 11.9. The standard InChI is InChI=1S/C14H20N4O/c1-9-12-8-19-14(2,3)6-10(12)11(7-16)13(18-9)17-5-4-15/h4-6,8,15H2,1-3H3,(H,17,18)/p+2. The Balaban J connectivity index is 2.51. The summed E-state index contributed by atoms with van der Waals surface area (Å²) in [6.45, 7) is 8.25. The molecule has 1 aromatic heterocycles. The first-order valence-corrected chi connectivity index (χ1v) is 6.63. The van der Waals surface area contributed by atoms with Crippen LogP contribution in [0.5, 0.6) is 0 Å². The number of nitriles is 1. The van der Waals surface area contributed by atoms with Gasteiger partial charge in [-0.1, -0.05) is 0 Å². The van der Waals surface area contributed by atoms with Crippen molar-refractivity contribution in [1.82, 2.24) is 0 Å². The molecule has 0 unspecified atom stereocenters. The number of aryl methyl sites for hydroxylation is 1. The molecule has 1 aliphatic heterocycles. The van der Waals surface area contributed by atoms with Crippen LogP contribution in [0.1, 0.15) is 36.2 Å². The van der Waals surface area contributed by atoms with Crippen LogP contribution in [0.4, 0.5) is 5.82 Å². The number of hydrogen-bond acceptors (Lipinski definition) is 3. The fraction of sp³-hybridized carbons (Fsp3) is 0.571. The lowest BCUT2D eigenvalue weighted by molar-refractivity contribution is -0.376. The van der Waals surface area contributed by atoms with Gasteiger partial charge in [-0.2, -0.15) is 5.26 Å². The van der Waals surface area contributed by atoms with Crippen molar-refractivity contribution in [2.24, 2.45) is 0 Å². The minimum Gasteiger partial charge on any atom is -0.370 e. The Labute approximate surface area is 113 Å². The summed E-state index contributed by atoms with van der Waals surface area (Å²) in [5.74, 6) is 0.806. The summed E-state index contributed by atoms with van der Waals surface area (Å²) in [5.41, 5.74) is 7.61. The van der Waals surface area contributed by atoms with E-state index in [2.05, 4.69) is 36.0 Å². The highest BCUT2D eigenvalue weighted by Crippen LogP contribution is 2.32. The topological polar surface area (TPSA) is 86.8 Å². The molecule has 0 bridgehead atoms. The van der Waals surface area contributed by atoms with Gasteiger partial charge < -0.3 is 10.5 Å². The van der Waals surface area contributed by atoms with Crippen molar-refractivity contribution in [1.29, 1.82) is 5.26 Å². The first kappa shape index (κ1) is 13.8. The van der Waals surface area contributed by atoms with Crippen molar-refractivity contribution in [2.45, 2.75) is 39.4 Å². The number of rotatable bonds is 3. The highest BCUT2D eigenvalue weighted by atomic mass is 16.5. The first-order chi connectivity index (χ1) is 8.98. The number of aromatic amines is 1. The summed E-state index contributed by atoms with van der Waals surface area (Å²) in [4.78, 5) is 3.28. The average molecular weight is 262 g/mol. The smallest absolute Gasteiger partial charge is 0.291 e. The Kier molecular flexibility index (Phi) is 3.74. The van der Waals surface area contributed by atoms with E-state index in [0.29, 0.717) is 12.2 Å². The number of fused-ring (bicyclic) bond motifs is 1. The summed E-state index contributed by atoms with van der Waals surface area (Å²) in [7, 11) is 0. The van der Waals surface area contributed by atoms with Gasteiger partial charge in [0.1, 0.15) is 30.4 Å². The summed E-state index contributed by atoms with van der Waals surface area (Å²) in [5, 5.41) is 12.7. The van der Waals surface area contributed by atoms with E-state index in [1.165, 1.54) is 0 Å². The third-order valence-corrected chi connectivity index (χ3v) is 3.48. The van der Waals surface area contributed by atoms with E-state index in [9.17, 15) is 5.26 Å². The fourth-order valence-electron chi connectivity index (χ4n) is 2.46. The lowest BCUT2D eigenvalue weighted by Gasteiger charge is -2.32. The molecule has 0 spiro atoms. The highest BCUT2D eigenvalue weighted by Gasteiger charge is 2.32. The molecule has 1 aromatic rings. The number of ether oxygens (including phenoxy) is 1. The molecule has 5 N–H and O–H groups in total. The Bertz CT molecular complexity index is 531. The molecule has 5 heteroatoms. The maximum Gasteiger partial charge on any atom is 0.291 e. The Morgan fingerprint density at radius 3 is 2.84 bits per heavy atom. The normalized spacial score (nSPS) is 16.6. The molecule has 5 nitrogen and oxygen atoms in total. The number of hydrogen-bond donors (Lipinski definition) is 2. The van der Waals surface area contributed by atoms with E-state index in [-0.39, 0.29) is 5.60 Å². The first-order valence-electron chi connectivity index (χ1n) is 6.63. The molecule has 0 fully saturated rings. The SMILES string of the molecule is Cc1[nH+]c(NCC[NH3+])c(C#N)c2c1COC(C)(C)C2. The highest BCUT2D eigenvalue weighted by molar-refractivity contribution is 5.56.